The number of rotatable bonds is 2. The van der Waals surface area contributed by atoms with Gasteiger partial charge in [0.25, 0.3) is 0 Å². The molecule has 0 N–H and O–H groups in total. The highest BCUT2D eigenvalue weighted by Gasteiger charge is 2.12. The predicted octanol–water partition coefficient (Wildman–Crippen LogP) is 2.11. The molecule has 2 rings (SSSR count). The third-order valence-corrected chi connectivity index (χ3v) is 2.70. The van der Waals surface area contributed by atoms with Crippen molar-refractivity contribution in [1.82, 2.24) is 14.8 Å². The van der Waals surface area contributed by atoms with Crippen molar-refractivity contribution in [2.45, 2.75) is 13.8 Å². The largest absolute Gasteiger partial charge is 0.481 e. The van der Waals surface area contributed by atoms with E-state index in [9.17, 15) is 0 Å². The zero-order chi connectivity index (χ0) is 11.7. The topological polar surface area (TPSA) is 39.9 Å². The number of methoxy groups -OCH3 is 1. The maximum absolute atomic E-state index is 5.12. The SMILES string of the molecule is COc1cccc(-c2c(C)nn(C)c2C)n1. The molecule has 4 heteroatoms. The molecule has 0 aliphatic carbocycles. The molecule has 0 saturated carbocycles. The second-order valence-electron chi connectivity index (χ2n) is 3.73. The number of aryl methyl sites for hydroxylation is 2. The van der Waals surface area contributed by atoms with Crippen LogP contribution < -0.4 is 4.74 Å². The van der Waals surface area contributed by atoms with Crippen molar-refractivity contribution in [2.75, 3.05) is 7.11 Å². The summed E-state index contributed by atoms with van der Waals surface area (Å²) in [6, 6.07) is 5.75. The normalized spacial score (nSPS) is 10.5. The standard InChI is InChI=1S/C12H15N3O/c1-8-12(9(2)15(3)14-8)10-6-5-7-11(13-10)16-4/h5-7H,1-4H3. The molecule has 4 nitrogen and oxygen atoms in total. The minimum atomic E-state index is 0.625. The molecular formula is C12H15N3O. The summed E-state index contributed by atoms with van der Waals surface area (Å²) < 4.78 is 6.99. The van der Waals surface area contributed by atoms with Crippen molar-refractivity contribution in [3.8, 4) is 17.1 Å². The Morgan fingerprint density at radius 1 is 1.25 bits per heavy atom. The summed E-state index contributed by atoms with van der Waals surface area (Å²) in [6.45, 7) is 4.03. The van der Waals surface area contributed by atoms with Crippen LogP contribution in [0.5, 0.6) is 5.88 Å². The lowest BCUT2D eigenvalue weighted by Gasteiger charge is -2.03. The third-order valence-electron chi connectivity index (χ3n) is 2.70. The van der Waals surface area contributed by atoms with Crippen molar-refractivity contribution < 1.29 is 4.74 Å². The van der Waals surface area contributed by atoms with Crippen LogP contribution >= 0.6 is 0 Å². The highest BCUT2D eigenvalue weighted by Crippen LogP contribution is 2.25. The molecule has 16 heavy (non-hydrogen) atoms. The Kier molecular flexibility index (Phi) is 2.64. The van der Waals surface area contributed by atoms with Crippen LogP contribution in [0.25, 0.3) is 11.3 Å². The van der Waals surface area contributed by atoms with E-state index < -0.39 is 0 Å². The predicted molar refractivity (Wildman–Crippen MR) is 62.5 cm³/mol. The van der Waals surface area contributed by atoms with Crippen molar-refractivity contribution in [3.63, 3.8) is 0 Å². The molecule has 0 fully saturated rings. The van der Waals surface area contributed by atoms with E-state index in [0.29, 0.717) is 5.88 Å². The van der Waals surface area contributed by atoms with Gasteiger partial charge in [0.05, 0.1) is 18.5 Å². The molecule has 84 valence electrons. The fraction of sp³-hybridized carbons (Fsp3) is 0.333. The molecule has 0 atom stereocenters. The Balaban J connectivity index is 2.58. The molecule has 0 saturated heterocycles. The van der Waals surface area contributed by atoms with Crippen molar-refractivity contribution in [3.05, 3.63) is 29.6 Å². The van der Waals surface area contributed by atoms with Gasteiger partial charge in [-0.3, -0.25) is 4.68 Å². The summed E-state index contributed by atoms with van der Waals surface area (Å²) in [5, 5.41) is 4.38. The second kappa shape index (κ2) is 3.96. The van der Waals surface area contributed by atoms with Gasteiger partial charge in [-0.05, 0) is 19.9 Å². The van der Waals surface area contributed by atoms with Crippen LogP contribution in [0.4, 0.5) is 0 Å². The van der Waals surface area contributed by atoms with Crippen LogP contribution in [0, 0.1) is 13.8 Å². The highest BCUT2D eigenvalue weighted by atomic mass is 16.5. The maximum Gasteiger partial charge on any atom is 0.213 e. The average molecular weight is 217 g/mol. The molecule has 2 aromatic rings. The zero-order valence-electron chi connectivity index (χ0n) is 9.98. The maximum atomic E-state index is 5.12. The molecule has 2 aromatic heterocycles. The number of hydrogen-bond donors (Lipinski definition) is 0. The van der Waals surface area contributed by atoms with Gasteiger partial charge in [0.15, 0.2) is 0 Å². The van der Waals surface area contributed by atoms with Gasteiger partial charge >= 0.3 is 0 Å². The molecule has 0 bridgehead atoms. The highest BCUT2D eigenvalue weighted by molar-refractivity contribution is 5.65. The van der Waals surface area contributed by atoms with Gasteiger partial charge in [-0.1, -0.05) is 6.07 Å². The third kappa shape index (κ3) is 1.66. The summed E-state index contributed by atoms with van der Waals surface area (Å²) >= 11 is 0. The first-order chi connectivity index (χ1) is 7.63. The molecule has 0 radical (unpaired) electrons. The lowest BCUT2D eigenvalue weighted by Crippen LogP contribution is -1.94. The van der Waals surface area contributed by atoms with Gasteiger partial charge in [0, 0.05) is 24.4 Å². The fourth-order valence-corrected chi connectivity index (χ4v) is 1.81. The fourth-order valence-electron chi connectivity index (χ4n) is 1.81. The minimum Gasteiger partial charge on any atom is -0.481 e. The van der Waals surface area contributed by atoms with Gasteiger partial charge in [-0.15, -0.1) is 0 Å². The van der Waals surface area contributed by atoms with Gasteiger partial charge in [0.2, 0.25) is 5.88 Å². The number of pyridine rings is 1. The van der Waals surface area contributed by atoms with E-state index in [1.807, 2.05) is 43.8 Å². The summed E-state index contributed by atoms with van der Waals surface area (Å²) in [5.41, 5.74) is 4.09. The van der Waals surface area contributed by atoms with Crippen LogP contribution in [0.15, 0.2) is 18.2 Å². The molecule has 0 aliphatic rings. The molecule has 2 heterocycles. The van der Waals surface area contributed by atoms with E-state index >= 15 is 0 Å². The van der Waals surface area contributed by atoms with E-state index in [0.717, 1.165) is 22.6 Å². The van der Waals surface area contributed by atoms with Crippen LogP contribution in [-0.2, 0) is 7.05 Å². The van der Waals surface area contributed by atoms with Crippen LogP contribution in [-0.4, -0.2) is 21.9 Å². The first-order valence-electron chi connectivity index (χ1n) is 5.15. The van der Waals surface area contributed by atoms with Gasteiger partial charge in [0.1, 0.15) is 0 Å². The number of ether oxygens (including phenoxy) is 1. The molecule has 0 aromatic carbocycles. The quantitative estimate of drug-likeness (QED) is 0.773. The van der Waals surface area contributed by atoms with E-state index in [4.69, 9.17) is 4.74 Å². The van der Waals surface area contributed by atoms with Crippen LogP contribution in [0.2, 0.25) is 0 Å². The Morgan fingerprint density at radius 3 is 2.56 bits per heavy atom. The van der Waals surface area contributed by atoms with Gasteiger partial charge in [-0.2, -0.15) is 5.10 Å². The first kappa shape index (κ1) is 10.7. The van der Waals surface area contributed by atoms with E-state index in [1.54, 1.807) is 7.11 Å². The van der Waals surface area contributed by atoms with Crippen LogP contribution in [0.1, 0.15) is 11.4 Å². The minimum absolute atomic E-state index is 0.625. The summed E-state index contributed by atoms with van der Waals surface area (Å²) in [7, 11) is 3.56. The summed E-state index contributed by atoms with van der Waals surface area (Å²) in [6.07, 6.45) is 0. The van der Waals surface area contributed by atoms with E-state index in [2.05, 4.69) is 10.1 Å². The van der Waals surface area contributed by atoms with E-state index in [-0.39, 0.29) is 0 Å². The molecule has 0 spiro atoms. The first-order valence-corrected chi connectivity index (χ1v) is 5.15. The Bertz CT molecular complexity index is 517. The summed E-state index contributed by atoms with van der Waals surface area (Å²) in [5.74, 6) is 0.625. The molecule has 0 amide bonds. The Morgan fingerprint density at radius 2 is 2.00 bits per heavy atom. The average Bonchev–Trinajstić information content (AvgIpc) is 2.53. The Hall–Kier alpha value is -1.84. The van der Waals surface area contributed by atoms with E-state index in [1.165, 1.54) is 0 Å². The molecular weight excluding hydrogens is 202 g/mol. The molecule has 0 unspecified atom stereocenters. The van der Waals surface area contributed by atoms with Crippen molar-refractivity contribution in [1.29, 1.82) is 0 Å². The number of hydrogen-bond acceptors (Lipinski definition) is 3. The molecule has 0 aliphatic heterocycles. The second-order valence-corrected chi connectivity index (χ2v) is 3.73. The number of aromatic nitrogens is 3. The zero-order valence-corrected chi connectivity index (χ0v) is 9.98. The lowest BCUT2D eigenvalue weighted by molar-refractivity contribution is 0.398. The van der Waals surface area contributed by atoms with Crippen molar-refractivity contribution in [2.24, 2.45) is 7.05 Å². The summed E-state index contributed by atoms with van der Waals surface area (Å²) in [4.78, 5) is 4.42. The van der Waals surface area contributed by atoms with Gasteiger partial charge < -0.3 is 4.74 Å². The van der Waals surface area contributed by atoms with Gasteiger partial charge in [-0.25, -0.2) is 4.98 Å². The number of nitrogens with zero attached hydrogens (tertiary/aromatic N) is 3. The lowest BCUT2D eigenvalue weighted by atomic mass is 10.1. The van der Waals surface area contributed by atoms with Crippen LogP contribution in [0.3, 0.4) is 0 Å². The Labute approximate surface area is 94.9 Å². The van der Waals surface area contributed by atoms with Crippen molar-refractivity contribution >= 4 is 0 Å². The smallest absolute Gasteiger partial charge is 0.213 e. The monoisotopic (exact) mass is 217 g/mol.